The fourth-order valence-corrected chi connectivity index (χ4v) is 3.90. The monoisotopic (exact) mass is 359 g/mol. The van der Waals surface area contributed by atoms with Crippen LogP contribution in [0.3, 0.4) is 0 Å². The highest BCUT2D eigenvalue weighted by Crippen LogP contribution is 2.34. The zero-order chi connectivity index (χ0) is 17.6. The van der Waals surface area contributed by atoms with Gasteiger partial charge >= 0.3 is 5.97 Å². The molecule has 1 aliphatic heterocycles. The standard InChI is InChI=1S/C19H21NO4S/c1-23-15-8-6-14(7-9-15)12-19(22)24-13-18(21)20-10-2-4-16(20)17-5-3-11-25-17/h3,5-9,11,16H,2,4,10,12-13H2,1H3/t16-/m0/s1. The fraction of sp³-hybridized carbons (Fsp3) is 0.368. The van der Waals surface area contributed by atoms with E-state index >= 15 is 0 Å². The Bertz CT molecular complexity index is 712. The molecule has 1 fully saturated rings. The predicted molar refractivity (Wildman–Crippen MR) is 95.7 cm³/mol. The van der Waals surface area contributed by atoms with Crippen molar-refractivity contribution in [2.24, 2.45) is 0 Å². The second-order valence-corrected chi connectivity index (χ2v) is 6.93. The van der Waals surface area contributed by atoms with Crippen LogP contribution in [0.15, 0.2) is 41.8 Å². The van der Waals surface area contributed by atoms with Gasteiger partial charge in [0.25, 0.3) is 5.91 Å². The van der Waals surface area contributed by atoms with Crippen LogP contribution in [-0.4, -0.2) is 37.0 Å². The maximum Gasteiger partial charge on any atom is 0.310 e. The molecule has 0 aliphatic carbocycles. The van der Waals surface area contributed by atoms with Gasteiger partial charge in [-0.05, 0) is 42.0 Å². The molecule has 6 heteroatoms. The lowest BCUT2D eigenvalue weighted by atomic mass is 10.1. The molecule has 2 aromatic rings. The third-order valence-electron chi connectivity index (χ3n) is 4.31. The number of hydrogen-bond acceptors (Lipinski definition) is 5. The maximum absolute atomic E-state index is 12.4. The van der Waals surface area contributed by atoms with E-state index in [2.05, 4.69) is 6.07 Å². The minimum atomic E-state index is -0.398. The number of benzene rings is 1. The molecular weight excluding hydrogens is 338 g/mol. The van der Waals surface area contributed by atoms with E-state index in [4.69, 9.17) is 9.47 Å². The molecule has 1 aliphatic rings. The first-order chi connectivity index (χ1) is 12.2. The van der Waals surface area contributed by atoms with Crippen molar-refractivity contribution in [1.82, 2.24) is 4.90 Å². The van der Waals surface area contributed by atoms with Gasteiger partial charge in [-0.25, -0.2) is 0 Å². The normalized spacial score (nSPS) is 16.7. The Morgan fingerprint density at radius 1 is 1.24 bits per heavy atom. The minimum Gasteiger partial charge on any atom is -0.497 e. The first kappa shape index (κ1) is 17.5. The first-order valence-electron chi connectivity index (χ1n) is 8.29. The highest BCUT2D eigenvalue weighted by molar-refractivity contribution is 7.10. The van der Waals surface area contributed by atoms with Crippen molar-refractivity contribution < 1.29 is 19.1 Å². The molecule has 1 amide bonds. The van der Waals surface area contributed by atoms with Gasteiger partial charge in [-0.2, -0.15) is 0 Å². The second kappa shape index (κ2) is 8.16. The molecule has 3 rings (SSSR count). The summed E-state index contributed by atoms with van der Waals surface area (Å²) < 4.78 is 10.3. The number of carbonyl (C=O) groups is 2. The SMILES string of the molecule is COc1ccc(CC(=O)OCC(=O)N2CCC[C@H]2c2cccs2)cc1. The van der Waals surface area contributed by atoms with E-state index < -0.39 is 5.97 Å². The molecule has 1 aromatic heterocycles. The molecule has 0 saturated carbocycles. The lowest BCUT2D eigenvalue weighted by molar-refractivity contribution is -0.151. The van der Waals surface area contributed by atoms with Crippen molar-refractivity contribution in [3.63, 3.8) is 0 Å². The lowest BCUT2D eigenvalue weighted by Gasteiger charge is -2.23. The van der Waals surface area contributed by atoms with Crippen molar-refractivity contribution in [1.29, 1.82) is 0 Å². The van der Waals surface area contributed by atoms with Crippen LogP contribution in [0.25, 0.3) is 0 Å². The average molecular weight is 359 g/mol. The highest BCUT2D eigenvalue weighted by atomic mass is 32.1. The molecule has 0 spiro atoms. The van der Waals surface area contributed by atoms with Gasteiger partial charge in [0.1, 0.15) is 5.75 Å². The van der Waals surface area contributed by atoms with Gasteiger partial charge in [0.2, 0.25) is 0 Å². The van der Waals surface area contributed by atoms with Crippen LogP contribution >= 0.6 is 11.3 Å². The van der Waals surface area contributed by atoms with E-state index in [1.54, 1.807) is 30.6 Å². The summed E-state index contributed by atoms with van der Waals surface area (Å²) in [6, 6.07) is 11.4. The van der Waals surface area contributed by atoms with Crippen LogP contribution in [0, 0.1) is 0 Å². The molecule has 2 heterocycles. The highest BCUT2D eigenvalue weighted by Gasteiger charge is 2.30. The summed E-state index contributed by atoms with van der Waals surface area (Å²) in [5, 5.41) is 2.02. The minimum absolute atomic E-state index is 0.118. The van der Waals surface area contributed by atoms with E-state index in [0.717, 1.165) is 30.7 Å². The van der Waals surface area contributed by atoms with E-state index in [1.165, 1.54) is 4.88 Å². The zero-order valence-electron chi connectivity index (χ0n) is 14.1. The number of rotatable bonds is 6. The Labute approximate surface area is 151 Å². The molecule has 0 bridgehead atoms. The molecule has 0 unspecified atom stereocenters. The number of esters is 1. The Morgan fingerprint density at radius 2 is 2.04 bits per heavy atom. The van der Waals surface area contributed by atoms with Crippen LogP contribution < -0.4 is 4.74 Å². The molecule has 25 heavy (non-hydrogen) atoms. The number of nitrogens with zero attached hydrogens (tertiary/aromatic N) is 1. The van der Waals surface area contributed by atoms with Crippen molar-refractivity contribution in [3.8, 4) is 5.75 Å². The summed E-state index contributed by atoms with van der Waals surface area (Å²) in [6.07, 6.45) is 2.09. The second-order valence-electron chi connectivity index (χ2n) is 5.95. The molecular formula is C19H21NO4S. The number of amides is 1. The summed E-state index contributed by atoms with van der Waals surface area (Å²) in [4.78, 5) is 27.4. The van der Waals surface area contributed by atoms with Gasteiger partial charge in [0, 0.05) is 11.4 Å². The van der Waals surface area contributed by atoms with E-state index in [9.17, 15) is 9.59 Å². The number of methoxy groups -OCH3 is 1. The van der Waals surface area contributed by atoms with E-state index in [1.807, 2.05) is 28.5 Å². The number of hydrogen-bond donors (Lipinski definition) is 0. The van der Waals surface area contributed by atoms with Crippen LogP contribution in [0.2, 0.25) is 0 Å². The fourth-order valence-electron chi connectivity index (χ4n) is 3.03. The predicted octanol–water partition coefficient (Wildman–Crippen LogP) is 3.21. The number of ether oxygens (including phenoxy) is 2. The van der Waals surface area contributed by atoms with Crippen LogP contribution in [0.4, 0.5) is 0 Å². The van der Waals surface area contributed by atoms with E-state index in [-0.39, 0.29) is 25.0 Å². The Balaban J connectivity index is 1.50. The van der Waals surface area contributed by atoms with Gasteiger partial charge in [0.05, 0.1) is 19.6 Å². The number of likely N-dealkylation sites (tertiary alicyclic amines) is 1. The van der Waals surface area contributed by atoms with Crippen LogP contribution in [0.5, 0.6) is 5.75 Å². The average Bonchev–Trinajstić information content (AvgIpc) is 3.31. The smallest absolute Gasteiger partial charge is 0.310 e. The molecule has 1 atom stereocenters. The third-order valence-corrected chi connectivity index (χ3v) is 5.28. The largest absolute Gasteiger partial charge is 0.497 e. The van der Waals surface area contributed by atoms with Crippen molar-refractivity contribution in [2.45, 2.75) is 25.3 Å². The molecule has 0 N–H and O–H groups in total. The summed E-state index contributed by atoms with van der Waals surface area (Å²) in [6.45, 7) is 0.522. The first-order valence-corrected chi connectivity index (χ1v) is 9.17. The Kier molecular flexibility index (Phi) is 5.71. The topological polar surface area (TPSA) is 55.8 Å². The zero-order valence-corrected chi connectivity index (χ0v) is 15.0. The summed E-state index contributed by atoms with van der Waals surface area (Å²) in [5.41, 5.74) is 0.830. The lowest BCUT2D eigenvalue weighted by Crippen LogP contribution is -2.34. The summed E-state index contributed by atoms with van der Waals surface area (Å²) in [5.74, 6) is 0.213. The summed E-state index contributed by atoms with van der Waals surface area (Å²) in [7, 11) is 1.59. The van der Waals surface area contributed by atoms with Crippen LogP contribution in [-0.2, 0) is 20.7 Å². The number of thiophene rings is 1. The summed E-state index contributed by atoms with van der Waals surface area (Å²) >= 11 is 1.66. The van der Waals surface area contributed by atoms with Gasteiger partial charge in [-0.1, -0.05) is 18.2 Å². The van der Waals surface area contributed by atoms with Crippen molar-refractivity contribution >= 4 is 23.2 Å². The van der Waals surface area contributed by atoms with Crippen molar-refractivity contribution in [2.75, 3.05) is 20.3 Å². The van der Waals surface area contributed by atoms with Gasteiger partial charge in [-0.3, -0.25) is 9.59 Å². The van der Waals surface area contributed by atoms with Crippen LogP contribution in [0.1, 0.15) is 29.3 Å². The van der Waals surface area contributed by atoms with Gasteiger partial charge in [-0.15, -0.1) is 11.3 Å². The number of carbonyl (C=O) groups excluding carboxylic acids is 2. The van der Waals surface area contributed by atoms with Gasteiger partial charge < -0.3 is 14.4 Å². The molecule has 132 valence electrons. The Morgan fingerprint density at radius 3 is 2.72 bits per heavy atom. The molecule has 1 saturated heterocycles. The Hall–Kier alpha value is -2.34. The maximum atomic E-state index is 12.4. The van der Waals surface area contributed by atoms with E-state index in [0.29, 0.717) is 0 Å². The quantitative estimate of drug-likeness (QED) is 0.743. The molecule has 0 radical (unpaired) electrons. The van der Waals surface area contributed by atoms with Gasteiger partial charge in [0.15, 0.2) is 6.61 Å². The molecule has 5 nitrogen and oxygen atoms in total. The molecule has 1 aromatic carbocycles. The third kappa shape index (κ3) is 4.39. The van der Waals surface area contributed by atoms with Crippen molar-refractivity contribution in [3.05, 3.63) is 52.2 Å².